The van der Waals surface area contributed by atoms with Crippen LogP contribution in [0.5, 0.6) is 0 Å². The Morgan fingerprint density at radius 3 is 1.44 bits per heavy atom. The number of rotatable bonds is 11. The van der Waals surface area contributed by atoms with Gasteiger partial charge in [0.05, 0.1) is 8.80 Å². The van der Waals surface area contributed by atoms with Crippen LogP contribution in [0.1, 0.15) is 79.1 Å². The SMILES string of the molecule is CCCCCC[Si](CCCCCC)C(C)C. The highest BCUT2D eigenvalue weighted by molar-refractivity contribution is 6.60. The van der Waals surface area contributed by atoms with Gasteiger partial charge in [0.15, 0.2) is 0 Å². The second-order valence-corrected chi connectivity index (χ2v) is 8.91. The Kier molecular flexibility index (Phi) is 11.9. The van der Waals surface area contributed by atoms with Crippen molar-refractivity contribution in [2.24, 2.45) is 0 Å². The van der Waals surface area contributed by atoms with E-state index >= 15 is 0 Å². The molecule has 0 saturated heterocycles. The molecule has 16 heavy (non-hydrogen) atoms. The lowest BCUT2D eigenvalue weighted by Crippen LogP contribution is -2.16. The molecule has 0 amide bonds. The van der Waals surface area contributed by atoms with Gasteiger partial charge in [0, 0.05) is 0 Å². The van der Waals surface area contributed by atoms with Gasteiger partial charge in [-0.15, -0.1) is 0 Å². The fourth-order valence-corrected chi connectivity index (χ4v) is 5.07. The summed E-state index contributed by atoms with van der Waals surface area (Å²) in [6.07, 6.45) is 11.6. The molecule has 1 heteroatoms. The second-order valence-electron chi connectivity index (χ2n) is 5.43. The Bertz CT molecular complexity index is 119. The van der Waals surface area contributed by atoms with Crippen LogP contribution in [0.25, 0.3) is 0 Å². The molecule has 0 fully saturated rings. The van der Waals surface area contributed by atoms with Gasteiger partial charge in [0.2, 0.25) is 0 Å². The van der Waals surface area contributed by atoms with E-state index in [0.717, 1.165) is 5.54 Å². The molecule has 0 spiro atoms. The molecule has 0 saturated carbocycles. The smallest absolute Gasteiger partial charge is 0.0506 e. The highest BCUT2D eigenvalue weighted by atomic mass is 28.3. The molecule has 0 aliphatic rings. The fraction of sp³-hybridized carbons (Fsp3) is 1.00. The minimum atomic E-state index is -0.0226. The van der Waals surface area contributed by atoms with Crippen LogP contribution in [0.15, 0.2) is 0 Å². The van der Waals surface area contributed by atoms with Crippen molar-refractivity contribution < 1.29 is 0 Å². The molecule has 0 bridgehead atoms. The maximum atomic E-state index is 2.45. The zero-order valence-corrected chi connectivity index (χ0v) is 13.1. The molecule has 1 radical (unpaired) electrons. The Morgan fingerprint density at radius 1 is 0.688 bits per heavy atom. The van der Waals surface area contributed by atoms with Crippen molar-refractivity contribution in [3.8, 4) is 0 Å². The van der Waals surface area contributed by atoms with Gasteiger partial charge >= 0.3 is 0 Å². The van der Waals surface area contributed by atoms with Crippen LogP contribution in [0, 0.1) is 0 Å². The first-order valence-electron chi connectivity index (χ1n) is 7.56. The van der Waals surface area contributed by atoms with E-state index in [-0.39, 0.29) is 8.80 Å². The minimum absolute atomic E-state index is 0.0226. The van der Waals surface area contributed by atoms with Crippen LogP contribution in [0.2, 0.25) is 17.6 Å². The van der Waals surface area contributed by atoms with E-state index in [2.05, 4.69) is 27.7 Å². The molecular weight excluding hydrogens is 208 g/mol. The summed E-state index contributed by atoms with van der Waals surface area (Å²) in [6, 6.07) is 3.16. The Hall–Kier alpha value is 0.217. The highest BCUT2D eigenvalue weighted by Crippen LogP contribution is 2.22. The summed E-state index contributed by atoms with van der Waals surface area (Å²) in [4.78, 5) is 0. The third-order valence-electron chi connectivity index (χ3n) is 3.52. The molecule has 0 rings (SSSR count). The van der Waals surface area contributed by atoms with E-state index in [1.54, 1.807) is 12.1 Å². The van der Waals surface area contributed by atoms with Crippen molar-refractivity contribution >= 4 is 8.80 Å². The summed E-state index contributed by atoms with van der Waals surface area (Å²) in [5.74, 6) is 0. The normalized spacial score (nSPS) is 11.6. The van der Waals surface area contributed by atoms with Crippen LogP contribution in [-0.4, -0.2) is 8.80 Å². The molecule has 0 aromatic rings. The topological polar surface area (TPSA) is 0 Å². The summed E-state index contributed by atoms with van der Waals surface area (Å²) < 4.78 is 0. The first-order chi connectivity index (χ1) is 7.72. The Balaban J connectivity index is 3.54. The van der Waals surface area contributed by atoms with Gasteiger partial charge in [0.25, 0.3) is 0 Å². The lowest BCUT2D eigenvalue weighted by atomic mass is 10.2. The third-order valence-corrected chi connectivity index (χ3v) is 7.14. The van der Waals surface area contributed by atoms with Gasteiger partial charge in [-0.25, -0.2) is 0 Å². The average molecular weight is 242 g/mol. The third kappa shape index (κ3) is 9.44. The van der Waals surface area contributed by atoms with E-state index in [4.69, 9.17) is 0 Å². The van der Waals surface area contributed by atoms with Gasteiger partial charge in [-0.2, -0.15) is 0 Å². The van der Waals surface area contributed by atoms with E-state index in [9.17, 15) is 0 Å². The lowest BCUT2D eigenvalue weighted by molar-refractivity contribution is 0.681. The van der Waals surface area contributed by atoms with Gasteiger partial charge in [-0.3, -0.25) is 0 Å². The lowest BCUT2D eigenvalue weighted by Gasteiger charge is -2.18. The fourth-order valence-electron chi connectivity index (χ4n) is 2.26. The summed E-state index contributed by atoms with van der Waals surface area (Å²) in [7, 11) is -0.0226. The van der Waals surface area contributed by atoms with Gasteiger partial charge in [-0.1, -0.05) is 96.7 Å². The van der Waals surface area contributed by atoms with Crippen LogP contribution in [0.3, 0.4) is 0 Å². The molecule has 0 aliphatic heterocycles. The predicted molar refractivity (Wildman–Crippen MR) is 78.8 cm³/mol. The number of unbranched alkanes of at least 4 members (excludes halogenated alkanes) is 6. The maximum Gasteiger partial charge on any atom is 0.0506 e. The van der Waals surface area contributed by atoms with Crippen molar-refractivity contribution in [3.05, 3.63) is 0 Å². The van der Waals surface area contributed by atoms with E-state index in [0.29, 0.717) is 0 Å². The van der Waals surface area contributed by atoms with Crippen molar-refractivity contribution in [2.75, 3.05) is 0 Å². The number of hydrogen-bond acceptors (Lipinski definition) is 0. The van der Waals surface area contributed by atoms with Crippen molar-refractivity contribution in [2.45, 2.75) is 96.7 Å². The van der Waals surface area contributed by atoms with E-state index in [1.807, 2.05) is 0 Å². The Morgan fingerprint density at radius 2 is 1.12 bits per heavy atom. The Labute approximate surface area is 106 Å². The largest absolute Gasteiger partial charge is 0.0654 e. The average Bonchev–Trinajstić information content (AvgIpc) is 2.26. The molecule has 0 nitrogen and oxygen atoms in total. The zero-order valence-electron chi connectivity index (χ0n) is 12.1. The molecule has 0 heterocycles. The van der Waals surface area contributed by atoms with Crippen molar-refractivity contribution in [3.63, 3.8) is 0 Å². The molecular formula is C15H33Si. The molecule has 97 valence electrons. The van der Waals surface area contributed by atoms with Crippen LogP contribution < -0.4 is 0 Å². The predicted octanol–water partition coefficient (Wildman–Crippen LogP) is 6.05. The monoisotopic (exact) mass is 241 g/mol. The van der Waals surface area contributed by atoms with Crippen LogP contribution in [0.4, 0.5) is 0 Å². The molecule has 0 aromatic heterocycles. The van der Waals surface area contributed by atoms with Crippen molar-refractivity contribution in [1.82, 2.24) is 0 Å². The molecule has 0 N–H and O–H groups in total. The molecule has 0 aliphatic carbocycles. The first kappa shape index (κ1) is 16.2. The van der Waals surface area contributed by atoms with Gasteiger partial charge in [-0.05, 0) is 0 Å². The van der Waals surface area contributed by atoms with E-state index in [1.165, 1.54) is 51.4 Å². The van der Waals surface area contributed by atoms with Crippen LogP contribution in [-0.2, 0) is 0 Å². The van der Waals surface area contributed by atoms with E-state index < -0.39 is 0 Å². The van der Waals surface area contributed by atoms with Gasteiger partial charge < -0.3 is 0 Å². The summed E-state index contributed by atoms with van der Waals surface area (Å²) >= 11 is 0. The van der Waals surface area contributed by atoms with Gasteiger partial charge in [0.1, 0.15) is 0 Å². The van der Waals surface area contributed by atoms with Crippen LogP contribution >= 0.6 is 0 Å². The zero-order chi connectivity index (χ0) is 12.2. The number of hydrogen-bond donors (Lipinski definition) is 0. The molecule has 0 aromatic carbocycles. The summed E-state index contributed by atoms with van der Waals surface area (Å²) in [6.45, 7) is 9.51. The quantitative estimate of drug-likeness (QED) is 0.305. The minimum Gasteiger partial charge on any atom is -0.0654 e. The van der Waals surface area contributed by atoms with Crippen molar-refractivity contribution in [1.29, 1.82) is 0 Å². The molecule has 0 unspecified atom stereocenters. The first-order valence-corrected chi connectivity index (χ1v) is 9.56. The standard InChI is InChI=1S/C15H33Si/c1-5-7-9-11-13-16(15(3)4)14-12-10-8-6-2/h15H,5-14H2,1-4H3. The second kappa shape index (κ2) is 11.7. The molecule has 0 atom stereocenters. The summed E-state index contributed by atoms with van der Waals surface area (Å²) in [5, 5.41) is 0. The highest BCUT2D eigenvalue weighted by Gasteiger charge is 2.14. The summed E-state index contributed by atoms with van der Waals surface area (Å²) in [5.41, 5.74) is 0.994. The maximum absolute atomic E-state index is 2.45.